The minimum Gasteiger partial charge on any atom is -0.370 e. The Morgan fingerprint density at radius 1 is 1.04 bits per heavy atom. The molecule has 0 radical (unpaired) electrons. The van der Waals surface area contributed by atoms with Gasteiger partial charge in [-0.3, -0.25) is 9.78 Å². The highest BCUT2D eigenvalue weighted by atomic mass is 16.2. The maximum atomic E-state index is 12.7. The first-order valence-corrected chi connectivity index (χ1v) is 9.38. The van der Waals surface area contributed by atoms with Gasteiger partial charge in [0, 0.05) is 31.4 Å². The number of anilines is 2. The third kappa shape index (κ3) is 3.68. The Labute approximate surface area is 149 Å². The van der Waals surface area contributed by atoms with E-state index in [4.69, 9.17) is 0 Å². The van der Waals surface area contributed by atoms with E-state index in [9.17, 15) is 4.79 Å². The van der Waals surface area contributed by atoms with E-state index in [-0.39, 0.29) is 11.8 Å². The Morgan fingerprint density at radius 2 is 1.84 bits per heavy atom. The lowest BCUT2D eigenvalue weighted by Gasteiger charge is -2.25. The Balaban J connectivity index is 1.45. The average Bonchev–Trinajstić information content (AvgIpc) is 3.47. The topological polar surface area (TPSA) is 45.2 Å². The molecule has 1 N–H and O–H groups in total. The SMILES string of the molecule is O=C(Nc1ccccc1N1CCCCCC1)[C@H]1C[C@H]1c1cccnc1. The molecule has 1 aliphatic heterocycles. The second-order valence-corrected chi connectivity index (χ2v) is 7.14. The van der Waals surface area contributed by atoms with Crippen LogP contribution in [0.4, 0.5) is 11.4 Å². The molecule has 1 saturated carbocycles. The van der Waals surface area contributed by atoms with Gasteiger partial charge in [-0.2, -0.15) is 0 Å². The average molecular weight is 335 g/mol. The summed E-state index contributed by atoms with van der Waals surface area (Å²) in [5.41, 5.74) is 3.28. The molecule has 4 heteroatoms. The highest BCUT2D eigenvalue weighted by molar-refractivity contribution is 5.98. The van der Waals surface area contributed by atoms with Gasteiger partial charge in [-0.15, -0.1) is 0 Å². The Hall–Kier alpha value is -2.36. The van der Waals surface area contributed by atoms with Gasteiger partial charge in [0.2, 0.25) is 5.91 Å². The molecule has 2 fully saturated rings. The number of carbonyl (C=O) groups is 1. The van der Waals surface area contributed by atoms with E-state index in [0.29, 0.717) is 5.92 Å². The molecule has 1 aromatic heterocycles. The van der Waals surface area contributed by atoms with E-state index >= 15 is 0 Å². The van der Waals surface area contributed by atoms with Crippen molar-refractivity contribution in [2.75, 3.05) is 23.3 Å². The number of hydrogen-bond acceptors (Lipinski definition) is 3. The summed E-state index contributed by atoms with van der Waals surface area (Å²) < 4.78 is 0. The molecule has 2 aliphatic rings. The second kappa shape index (κ2) is 7.26. The van der Waals surface area contributed by atoms with E-state index in [1.807, 2.05) is 24.4 Å². The first kappa shape index (κ1) is 16.1. The van der Waals surface area contributed by atoms with Gasteiger partial charge in [0.15, 0.2) is 0 Å². The van der Waals surface area contributed by atoms with Crippen molar-refractivity contribution >= 4 is 17.3 Å². The fraction of sp³-hybridized carbons (Fsp3) is 0.429. The van der Waals surface area contributed by atoms with Crippen LogP contribution in [0.25, 0.3) is 0 Å². The number of para-hydroxylation sites is 2. The van der Waals surface area contributed by atoms with Crippen LogP contribution >= 0.6 is 0 Å². The lowest BCUT2D eigenvalue weighted by molar-refractivity contribution is -0.117. The molecule has 2 heterocycles. The van der Waals surface area contributed by atoms with Gasteiger partial charge in [0.1, 0.15) is 0 Å². The molecule has 1 saturated heterocycles. The van der Waals surface area contributed by atoms with Crippen molar-refractivity contribution in [3.05, 3.63) is 54.4 Å². The molecule has 1 amide bonds. The van der Waals surface area contributed by atoms with Crippen molar-refractivity contribution in [2.24, 2.45) is 5.92 Å². The largest absolute Gasteiger partial charge is 0.370 e. The standard InChI is InChI=1S/C21H25N3O/c25-21(18-14-17(18)16-8-7-11-22-15-16)23-19-9-3-4-10-20(19)24-12-5-1-2-6-13-24/h3-4,7-11,15,17-18H,1-2,5-6,12-14H2,(H,23,25)/t17-,18-/m0/s1. The molecule has 0 unspecified atom stereocenters. The van der Waals surface area contributed by atoms with Gasteiger partial charge in [0.05, 0.1) is 11.4 Å². The van der Waals surface area contributed by atoms with Crippen molar-refractivity contribution in [1.29, 1.82) is 0 Å². The summed E-state index contributed by atoms with van der Waals surface area (Å²) in [6.07, 6.45) is 9.65. The number of aromatic nitrogens is 1. The quantitative estimate of drug-likeness (QED) is 0.910. The van der Waals surface area contributed by atoms with Crippen molar-refractivity contribution in [3.8, 4) is 0 Å². The van der Waals surface area contributed by atoms with Crippen LogP contribution in [0.3, 0.4) is 0 Å². The van der Waals surface area contributed by atoms with Gasteiger partial charge in [-0.05, 0) is 48.9 Å². The third-order valence-corrected chi connectivity index (χ3v) is 5.35. The molecule has 25 heavy (non-hydrogen) atoms. The van der Waals surface area contributed by atoms with Gasteiger partial charge in [-0.25, -0.2) is 0 Å². The number of nitrogens with one attached hydrogen (secondary N) is 1. The van der Waals surface area contributed by atoms with E-state index in [1.165, 1.54) is 31.2 Å². The van der Waals surface area contributed by atoms with E-state index in [0.717, 1.165) is 30.9 Å². The van der Waals surface area contributed by atoms with Crippen molar-refractivity contribution < 1.29 is 4.79 Å². The number of pyridine rings is 1. The van der Waals surface area contributed by atoms with E-state index < -0.39 is 0 Å². The summed E-state index contributed by atoms with van der Waals surface area (Å²) in [6, 6.07) is 12.2. The first-order chi connectivity index (χ1) is 12.3. The highest BCUT2D eigenvalue weighted by Crippen LogP contribution is 2.48. The number of nitrogens with zero attached hydrogens (tertiary/aromatic N) is 2. The Bertz CT molecular complexity index is 723. The van der Waals surface area contributed by atoms with Crippen LogP contribution in [-0.4, -0.2) is 24.0 Å². The molecular formula is C21H25N3O. The lowest BCUT2D eigenvalue weighted by Crippen LogP contribution is -2.26. The number of rotatable bonds is 4. The van der Waals surface area contributed by atoms with Crippen LogP contribution in [0.5, 0.6) is 0 Å². The summed E-state index contributed by atoms with van der Waals surface area (Å²) in [4.78, 5) is 19.3. The zero-order valence-electron chi connectivity index (χ0n) is 14.5. The van der Waals surface area contributed by atoms with Gasteiger partial charge >= 0.3 is 0 Å². The van der Waals surface area contributed by atoms with E-state index in [2.05, 4.69) is 33.4 Å². The van der Waals surface area contributed by atoms with E-state index in [1.54, 1.807) is 6.20 Å². The van der Waals surface area contributed by atoms with Crippen LogP contribution in [0.1, 0.15) is 43.6 Å². The van der Waals surface area contributed by atoms with Gasteiger partial charge in [0.25, 0.3) is 0 Å². The number of hydrogen-bond donors (Lipinski definition) is 1. The maximum Gasteiger partial charge on any atom is 0.228 e. The first-order valence-electron chi connectivity index (χ1n) is 9.38. The molecule has 2 aromatic rings. The third-order valence-electron chi connectivity index (χ3n) is 5.35. The smallest absolute Gasteiger partial charge is 0.228 e. The number of benzene rings is 1. The molecule has 0 spiro atoms. The minimum atomic E-state index is 0.0707. The molecule has 4 nitrogen and oxygen atoms in total. The van der Waals surface area contributed by atoms with Crippen molar-refractivity contribution in [3.63, 3.8) is 0 Å². The molecular weight excluding hydrogens is 310 g/mol. The minimum absolute atomic E-state index is 0.0707. The van der Waals surface area contributed by atoms with Crippen molar-refractivity contribution in [1.82, 2.24) is 4.98 Å². The molecule has 2 atom stereocenters. The molecule has 4 rings (SSSR count). The van der Waals surface area contributed by atoms with Crippen LogP contribution in [-0.2, 0) is 4.79 Å². The summed E-state index contributed by atoms with van der Waals surface area (Å²) in [5.74, 6) is 0.525. The monoisotopic (exact) mass is 335 g/mol. The predicted octanol–water partition coefficient (Wildman–Crippen LogP) is 4.20. The van der Waals surface area contributed by atoms with Gasteiger partial charge in [-0.1, -0.05) is 31.0 Å². The molecule has 0 bridgehead atoms. The summed E-state index contributed by atoms with van der Waals surface area (Å²) in [5, 5.41) is 3.19. The second-order valence-electron chi connectivity index (χ2n) is 7.14. The summed E-state index contributed by atoms with van der Waals surface area (Å²) in [6.45, 7) is 2.16. The molecule has 1 aliphatic carbocycles. The molecule has 1 aromatic carbocycles. The van der Waals surface area contributed by atoms with Crippen LogP contribution in [0.15, 0.2) is 48.8 Å². The Morgan fingerprint density at radius 3 is 2.60 bits per heavy atom. The zero-order chi connectivity index (χ0) is 17.1. The van der Waals surface area contributed by atoms with Gasteiger partial charge < -0.3 is 10.2 Å². The summed E-state index contributed by atoms with van der Waals surface area (Å²) in [7, 11) is 0. The van der Waals surface area contributed by atoms with Crippen LogP contribution in [0, 0.1) is 5.92 Å². The highest BCUT2D eigenvalue weighted by Gasteiger charge is 2.44. The fourth-order valence-corrected chi connectivity index (χ4v) is 3.84. The normalized spacial score (nSPS) is 23.0. The Kier molecular flexibility index (Phi) is 4.68. The lowest BCUT2D eigenvalue weighted by atomic mass is 10.1. The summed E-state index contributed by atoms with van der Waals surface area (Å²) >= 11 is 0. The number of amides is 1. The predicted molar refractivity (Wildman–Crippen MR) is 101 cm³/mol. The van der Waals surface area contributed by atoms with Crippen LogP contribution < -0.4 is 10.2 Å². The van der Waals surface area contributed by atoms with Crippen LogP contribution in [0.2, 0.25) is 0 Å². The zero-order valence-corrected chi connectivity index (χ0v) is 14.5. The number of carbonyl (C=O) groups excluding carboxylic acids is 1. The van der Waals surface area contributed by atoms with Crippen molar-refractivity contribution in [2.45, 2.75) is 38.0 Å². The maximum absolute atomic E-state index is 12.7. The molecule has 130 valence electrons. The fourth-order valence-electron chi connectivity index (χ4n) is 3.84.